The first-order valence-electron chi connectivity index (χ1n) is 14.3. The number of para-hydroxylation sites is 3. The van der Waals surface area contributed by atoms with Crippen molar-refractivity contribution in [2.24, 2.45) is 0 Å². The van der Waals surface area contributed by atoms with Crippen LogP contribution in [-0.4, -0.2) is 32.5 Å². The molecule has 4 aromatic heterocycles. The predicted octanol–water partition coefficient (Wildman–Crippen LogP) is 8.41. The molecular weight excluding hydrogens is 532 g/mol. The number of nitrogens with one attached hydrogen (secondary N) is 4. The molecule has 210 valence electrons. The average Bonchev–Trinajstić information content (AvgIpc) is 3.80. The highest BCUT2D eigenvalue weighted by Gasteiger charge is 2.14. The van der Waals surface area contributed by atoms with Crippen LogP contribution in [0.1, 0.15) is 48.8 Å². The maximum atomic E-state index is 11.5. The molecule has 4 aromatic carbocycles. The molecule has 0 radical (unpaired) electrons. The van der Waals surface area contributed by atoms with E-state index in [1.807, 2.05) is 73.1 Å². The number of H-pyrrole nitrogens is 4. The lowest BCUT2D eigenvalue weighted by atomic mass is 10.0. The smallest absolute Gasteiger partial charge is 0.152 e. The molecule has 0 saturated carbocycles. The Morgan fingerprint density at radius 3 is 1.56 bits per heavy atom. The second-order valence-corrected chi connectivity index (χ2v) is 10.9. The van der Waals surface area contributed by atoms with Crippen LogP contribution in [0, 0.1) is 6.92 Å². The fraction of sp³-hybridized carbons (Fsp3) is 0.0811. The molecule has 0 aliphatic rings. The van der Waals surface area contributed by atoms with E-state index in [2.05, 4.69) is 57.2 Å². The number of aromatic nitrogens is 4. The van der Waals surface area contributed by atoms with Crippen LogP contribution in [0.3, 0.4) is 0 Å². The van der Waals surface area contributed by atoms with E-state index in [9.17, 15) is 9.59 Å². The van der Waals surface area contributed by atoms with Crippen LogP contribution in [0.5, 0.6) is 0 Å². The van der Waals surface area contributed by atoms with Crippen LogP contribution in [0.15, 0.2) is 103 Å². The molecule has 0 fully saturated rings. The van der Waals surface area contributed by atoms with Gasteiger partial charge in [0.15, 0.2) is 12.6 Å². The third kappa shape index (κ3) is 4.83. The molecule has 4 N–H and O–H groups in total. The number of aldehydes is 2. The highest BCUT2D eigenvalue weighted by atomic mass is 16.1. The Morgan fingerprint density at radius 2 is 1.00 bits per heavy atom. The SMILES string of the molecule is Cc1ccc2c(Cc3[nH]c4ccccc4c3C=O)c[nH]c2c1.O=Cc1c(Cc2c[nH]c3ccccc23)[nH]c2ccccc12. The summed E-state index contributed by atoms with van der Waals surface area (Å²) in [5, 5.41) is 4.39. The molecule has 43 heavy (non-hydrogen) atoms. The highest BCUT2D eigenvalue weighted by Crippen LogP contribution is 2.28. The average molecular weight is 563 g/mol. The first-order chi connectivity index (χ1) is 21.1. The molecule has 8 aromatic rings. The van der Waals surface area contributed by atoms with Crippen LogP contribution in [0.25, 0.3) is 43.6 Å². The number of aromatic amines is 4. The summed E-state index contributed by atoms with van der Waals surface area (Å²) in [5.41, 5.74) is 11.4. The standard InChI is InChI=1S/C19H16N2O.C18H14N2O/c1-12-6-7-14-13(10-20-18(14)8-12)9-19-16(11-22)15-4-2-3-5-17(15)21-19;21-11-15-14-6-2-4-8-17(14)20-18(15)9-12-10-19-16-7-3-1-5-13(12)16/h2-8,10-11,20-21H,9H2,1H3;1-8,10-11,19-20H,9H2. The Morgan fingerprint density at radius 1 is 0.535 bits per heavy atom. The largest absolute Gasteiger partial charge is 0.361 e. The van der Waals surface area contributed by atoms with Crippen molar-refractivity contribution in [2.75, 3.05) is 0 Å². The molecule has 8 rings (SSSR count). The van der Waals surface area contributed by atoms with Crippen molar-refractivity contribution < 1.29 is 9.59 Å². The van der Waals surface area contributed by atoms with Crippen molar-refractivity contribution in [1.82, 2.24) is 19.9 Å². The zero-order valence-electron chi connectivity index (χ0n) is 23.7. The molecule has 6 nitrogen and oxygen atoms in total. The Hall–Kier alpha value is -5.62. The first kappa shape index (κ1) is 26.3. The van der Waals surface area contributed by atoms with Crippen molar-refractivity contribution in [2.45, 2.75) is 19.8 Å². The molecule has 0 unspecified atom stereocenters. The number of hydrogen-bond acceptors (Lipinski definition) is 2. The maximum Gasteiger partial charge on any atom is 0.152 e. The van der Waals surface area contributed by atoms with Crippen LogP contribution in [-0.2, 0) is 12.8 Å². The Kier molecular flexibility index (Phi) is 6.72. The summed E-state index contributed by atoms with van der Waals surface area (Å²) in [6.07, 6.45) is 7.38. The number of carbonyl (C=O) groups is 2. The van der Waals surface area contributed by atoms with Gasteiger partial charge in [-0.25, -0.2) is 0 Å². The van der Waals surface area contributed by atoms with E-state index in [1.165, 1.54) is 27.5 Å². The Balaban J connectivity index is 0.000000140. The number of hydrogen-bond donors (Lipinski definition) is 4. The second-order valence-electron chi connectivity index (χ2n) is 10.9. The van der Waals surface area contributed by atoms with Crippen molar-refractivity contribution in [3.63, 3.8) is 0 Å². The lowest BCUT2D eigenvalue weighted by molar-refractivity contribution is 0.111. The van der Waals surface area contributed by atoms with Crippen LogP contribution in [0.4, 0.5) is 0 Å². The fourth-order valence-electron chi connectivity index (χ4n) is 6.09. The van der Waals surface area contributed by atoms with Gasteiger partial charge in [-0.2, -0.15) is 0 Å². The molecule has 0 aliphatic heterocycles. The Labute approximate surface area is 247 Å². The lowest BCUT2D eigenvalue weighted by Gasteiger charge is -2.00. The number of carbonyl (C=O) groups excluding carboxylic acids is 2. The molecular formula is C37H30N4O2. The molecule has 0 amide bonds. The summed E-state index contributed by atoms with van der Waals surface area (Å²) in [4.78, 5) is 36.3. The van der Waals surface area contributed by atoms with E-state index in [4.69, 9.17) is 0 Å². The summed E-state index contributed by atoms with van der Waals surface area (Å²) in [5.74, 6) is 0. The second kappa shape index (κ2) is 11.0. The van der Waals surface area contributed by atoms with Crippen LogP contribution in [0.2, 0.25) is 0 Å². The zero-order valence-corrected chi connectivity index (χ0v) is 23.7. The van der Waals surface area contributed by atoms with Crippen molar-refractivity contribution in [3.8, 4) is 0 Å². The van der Waals surface area contributed by atoms with E-state index in [1.54, 1.807) is 0 Å². The van der Waals surface area contributed by atoms with E-state index in [0.29, 0.717) is 12.8 Å². The third-order valence-corrected chi connectivity index (χ3v) is 8.22. The van der Waals surface area contributed by atoms with Gasteiger partial charge < -0.3 is 19.9 Å². The summed E-state index contributed by atoms with van der Waals surface area (Å²) in [6, 6.07) is 30.4. The quantitative estimate of drug-likeness (QED) is 0.153. The number of benzene rings is 4. The number of aryl methyl sites for hydroxylation is 1. The van der Waals surface area contributed by atoms with E-state index < -0.39 is 0 Å². The van der Waals surface area contributed by atoms with Gasteiger partial charge in [0.25, 0.3) is 0 Å². The number of fused-ring (bicyclic) bond motifs is 4. The summed E-state index contributed by atoms with van der Waals surface area (Å²) >= 11 is 0. The molecule has 0 aliphatic carbocycles. The van der Waals surface area contributed by atoms with Gasteiger partial charge in [-0.1, -0.05) is 66.7 Å². The zero-order chi connectivity index (χ0) is 29.3. The molecule has 4 heterocycles. The number of rotatable bonds is 6. The summed E-state index contributed by atoms with van der Waals surface area (Å²) in [6.45, 7) is 2.09. The van der Waals surface area contributed by atoms with Gasteiger partial charge in [0.05, 0.1) is 0 Å². The minimum atomic E-state index is 0.714. The molecule has 6 heteroatoms. The summed E-state index contributed by atoms with van der Waals surface area (Å²) < 4.78 is 0. The van der Waals surface area contributed by atoms with E-state index in [0.717, 1.165) is 67.9 Å². The van der Waals surface area contributed by atoms with Gasteiger partial charge in [-0.3, -0.25) is 9.59 Å². The van der Waals surface area contributed by atoms with Gasteiger partial charge in [0.1, 0.15) is 0 Å². The lowest BCUT2D eigenvalue weighted by Crippen LogP contribution is -1.92. The fourth-order valence-corrected chi connectivity index (χ4v) is 6.09. The normalized spacial score (nSPS) is 11.3. The Bertz CT molecular complexity index is 2260. The van der Waals surface area contributed by atoms with Crippen LogP contribution < -0.4 is 0 Å². The monoisotopic (exact) mass is 562 g/mol. The van der Waals surface area contributed by atoms with Gasteiger partial charge in [0.2, 0.25) is 0 Å². The topological polar surface area (TPSA) is 97.3 Å². The van der Waals surface area contributed by atoms with Crippen molar-refractivity contribution in [1.29, 1.82) is 0 Å². The third-order valence-electron chi connectivity index (χ3n) is 8.22. The van der Waals surface area contributed by atoms with Gasteiger partial charge in [-0.15, -0.1) is 0 Å². The summed E-state index contributed by atoms with van der Waals surface area (Å²) in [7, 11) is 0. The molecule has 0 spiro atoms. The van der Waals surface area contributed by atoms with Gasteiger partial charge in [-0.05, 0) is 47.9 Å². The van der Waals surface area contributed by atoms with Crippen LogP contribution >= 0.6 is 0 Å². The van der Waals surface area contributed by atoms with Gasteiger partial charge >= 0.3 is 0 Å². The minimum absolute atomic E-state index is 0.714. The molecule has 0 saturated heterocycles. The van der Waals surface area contributed by atoms with E-state index in [-0.39, 0.29) is 0 Å². The van der Waals surface area contributed by atoms with E-state index >= 15 is 0 Å². The van der Waals surface area contributed by atoms with Crippen molar-refractivity contribution >= 4 is 56.2 Å². The van der Waals surface area contributed by atoms with Crippen molar-refractivity contribution in [3.05, 3.63) is 143 Å². The maximum absolute atomic E-state index is 11.5. The minimum Gasteiger partial charge on any atom is -0.361 e. The molecule has 0 atom stereocenters. The van der Waals surface area contributed by atoms with Gasteiger partial charge in [0, 0.05) is 91.4 Å². The highest BCUT2D eigenvalue weighted by molar-refractivity contribution is 6.00. The molecule has 0 bridgehead atoms. The first-order valence-corrected chi connectivity index (χ1v) is 14.3. The predicted molar refractivity (Wildman–Crippen MR) is 174 cm³/mol.